The van der Waals surface area contributed by atoms with Crippen LogP contribution in [0.4, 0.5) is 0 Å². The number of ether oxygens (including phenoxy) is 1. The highest BCUT2D eigenvalue weighted by molar-refractivity contribution is 6.32. The summed E-state index contributed by atoms with van der Waals surface area (Å²) >= 11 is 6.44. The number of nitrogens with zero attached hydrogens (tertiary/aromatic N) is 2. The zero-order valence-corrected chi connectivity index (χ0v) is 13.3. The van der Waals surface area contributed by atoms with Crippen LogP contribution in [-0.4, -0.2) is 36.1 Å². The van der Waals surface area contributed by atoms with E-state index in [0.717, 1.165) is 28.7 Å². The second kappa shape index (κ2) is 6.87. The Kier molecular flexibility index (Phi) is 5.15. The van der Waals surface area contributed by atoms with Crippen LogP contribution < -0.4 is 0 Å². The number of carbonyl (C=O) groups is 1. The molecule has 0 bridgehead atoms. The van der Waals surface area contributed by atoms with Gasteiger partial charge in [-0.2, -0.15) is 0 Å². The number of para-hydroxylation sites is 1. The Morgan fingerprint density at radius 1 is 1.38 bits per heavy atom. The van der Waals surface area contributed by atoms with E-state index in [2.05, 4.69) is 4.98 Å². The predicted octanol–water partition coefficient (Wildman–Crippen LogP) is 3.19. The number of pyridine rings is 1. The van der Waals surface area contributed by atoms with Crippen LogP contribution in [0.15, 0.2) is 24.3 Å². The van der Waals surface area contributed by atoms with Crippen LogP contribution in [0.1, 0.15) is 18.2 Å². The molecule has 0 aliphatic rings. The SMILES string of the molecule is CCN(CC(=O)OC)Cc1nc2ccccc2c(C)c1Cl. The number of hydrogen-bond donors (Lipinski definition) is 0. The summed E-state index contributed by atoms with van der Waals surface area (Å²) in [5, 5.41) is 1.72. The van der Waals surface area contributed by atoms with Crippen molar-refractivity contribution in [1.29, 1.82) is 0 Å². The first kappa shape index (κ1) is 15.7. The first-order valence-electron chi connectivity index (χ1n) is 6.89. The third kappa shape index (κ3) is 3.52. The van der Waals surface area contributed by atoms with E-state index in [4.69, 9.17) is 16.3 Å². The summed E-state index contributed by atoms with van der Waals surface area (Å²) in [5.41, 5.74) is 2.73. The molecule has 1 aromatic heterocycles. The second-order valence-corrected chi connectivity index (χ2v) is 5.27. The van der Waals surface area contributed by atoms with Gasteiger partial charge in [0.15, 0.2) is 0 Å². The van der Waals surface area contributed by atoms with E-state index >= 15 is 0 Å². The normalized spacial score (nSPS) is 11.1. The average molecular weight is 307 g/mol. The van der Waals surface area contributed by atoms with Gasteiger partial charge in [-0.1, -0.05) is 36.7 Å². The van der Waals surface area contributed by atoms with Crippen LogP contribution in [0.3, 0.4) is 0 Å². The van der Waals surface area contributed by atoms with Crippen molar-refractivity contribution in [2.45, 2.75) is 20.4 Å². The van der Waals surface area contributed by atoms with E-state index in [1.54, 1.807) is 0 Å². The van der Waals surface area contributed by atoms with Crippen molar-refractivity contribution >= 4 is 28.5 Å². The van der Waals surface area contributed by atoms with Gasteiger partial charge in [-0.3, -0.25) is 9.69 Å². The molecule has 112 valence electrons. The molecule has 5 heteroatoms. The molecule has 0 N–H and O–H groups in total. The number of aromatic nitrogens is 1. The predicted molar refractivity (Wildman–Crippen MR) is 84.5 cm³/mol. The van der Waals surface area contributed by atoms with Crippen molar-refractivity contribution in [3.8, 4) is 0 Å². The Balaban J connectivity index is 2.33. The van der Waals surface area contributed by atoms with Crippen molar-refractivity contribution in [2.24, 2.45) is 0 Å². The lowest BCUT2D eigenvalue weighted by Gasteiger charge is -2.20. The minimum absolute atomic E-state index is 0.233. The number of halogens is 1. The van der Waals surface area contributed by atoms with Gasteiger partial charge in [-0.15, -0.1) is 0 Å². The quantitative estimate of drug-likeness (QED) is 0.796. The summed E-state index contributed by atoms with van der Waals surface area (Å²) in [4.78, 5) is 18.0. The van der Waals surface area contributed by atoms with Gasteiger partial charge in [0.1, 0.15) is 0 Å². The number of aryl methyl sites for hydroxylation is 1. The minimum atomic E-state index is -0.259. The molecule has 4 nitrogen and oxygen atoms in total. The molecule has 0 spiro atoms. The number of benzene rings is 1. The van der Waals surface area contributed by atoms with Crippen molar-refractivity contribution in [1.82, 2.24) is 9.88 Å². The summed E-state index contributed by atoms with van der Waals surface area (Å²) in [6, 6.07) is 7.92. The number of methoxy groups -OCH3 is 1. The maximum absolute atomic E-state index is 11.4. The van der Waals surface area contributed by atoms with E-state index in [9.17, 15) is 4.79 Å². The van der Waals surface area contributed by atoms with Crippen LogP contribution in [-0.2, 0) is 16.1 Å². The maximum Gasteiger partial charge on any atom is 0.319 e. The number of esters is 1. The molecule has 2 rings (SSSR count). The van der Waals surface area contributed by atoms with Crippen LogP contribution >= 0.6 is 11.6 Å². The smallest absolute Gasteiger partial charge is 0.319 e. The van der Waals surface area contributed by atoms with E-state index in [0.29, 0.717) is 11.6 Å². The molecule has 0 saturated carbocycles. The number of hydrogen-bond acceptors (Lipinski definition) is 4. The number of fused-ring (bicyclic) bond motifs is 1. The molecule has 1 aromatic carbocycles. The van der Waals surface area contributed by atoms with Gasteiger partial charge in [0.05, 0.1) is 29.9 Å². The fourth-order valence-corrected chi connectivity index (χ4v) is 2.46. The van der Waals surface area contributed by atoms with Crippen molar-refractivity contribution in [2.75, 3.05) is 20.2 Å². The lowest BCUT2D eigenvalue weighted by molar-refractivity contribution is -0.142. The molecule has 0 aliphatic heterocycles. The van der Waals surface area contributed by atoms with E-state index < -0.39 is 0 Å². The average Bonchev–Trinajstić information content (AvgIpc) is 2.51. The van der Waals surface area contributed by atoms with Gasteiger partial charge in [-0.25, -0.2) is 4.98 Å². The van der Waals surface area contributed by atoms with Gasteiger partial charge < -0.3 is 4.74 Å². The monoisotopic (exact) mass is 306 g/mol. The Bertz CT molecular complexity index is 658. The fraction of sp³-hybridized carbons (Fsp3) is 0.375. The van der Waals surface area contributed by atoms with Gasteiger partial charge in [-0.05, 0) is 25.1 Å². The molecule has 0 amide bonds. The van der Waals surface area contributed by atoms with Crippen LogP contribution in [0.5, 0.6) is 0 Å². The lowest BCUT2D eigenvalue weighted by Crippen LogP contribution is -2.30. The molecule has 0 atom stereocenters. The zero-order chi connectivity index (χ0) is 15.4. The molecule has 0 unspecified atom stereocenters. The topological polar surface area (TPSA) is 42.4 Å². The van der Waals surface area contributed by atoms with Crippen LogP contribution in [0.2, 0.25) is 5.02 Å². The van der Waals surface area contributed by atoms with Gasteiger partial charge in [0.2, 0.25) is 0 Å². The highest BCUT2D eigenvalue weighted by atomic mass is 35.5. The first-order chi connectivity index (χ1) is 10.1. The summed E-state index contributed by atoms with van der Waals surface area (Å²) < 4.78 is 4.71. The molecule has 0 fully saturated rings. The third-order valence-electron chi connectivity index (χ3n) is 3.55. The largest absolute Gasteiger partial charge is 0.468 e. The number of carbonyl (C=O) groups excluding carboxylic acids is 1. The number of rotatable bonds is 5. The molecular weight excluding hydrogens is 288 g/mol. The fourth-order valence-electron chi connectivity index (χ4n) is 2.26. The van der Waals surface area contributed by atoms with Crippen molar-refractivity contribution < 1.29 is 9.53 Å². The van der Waals surface area contributed by atoms with Gasteiger partial charge in [0, 0.05) is 11.9 Å². The Morgan fingerprint density at radius 3 is 2.76 bits per heavy atom. The Labute approximate surface area is 129 Å². The maximum atomic E-state index is 11.4. The highest BCUT2D eigenvalue weighted by Gasteiger charge is 2.15. The molecule has 21 heavy (non-hydrogen) atoms. The summed E-state index contributed by atoms with van der Waals surface area (Å²) in [7, 11) is 1.39. The lowest BCUT2D eigenvalue weighted by atomic mass is 10.1. The Morgan fingerprint density at radius 2 is 2.10 bits per heavy atom. The minimum Gasteiger partial charge on any atom is -0.468 e. The van der Waals surface area contributed by atoms with Crippen molar-refractivity contribution in [3.63, 3.8) is 0 Å². The molecule has 0 radical (unpaired) electrons. The number of likely N-dealkylation sites (N-methyl/N-ethyl adjacent to an activating group) is 1. The standard InChI is InChI=1S/C16H19ClN2O2/c1-4-19(10-15(20)21-3)9-14-16(17)11(2)12-7-5-6-8-13(12)18-14/h5-8H,4,9-10H2,1-3H3. The molecule has 2 aromatic rings. The first-order valence-corrected chi connectivity index (χ1v) is 7.27. The molecule has 1 heterocycles. The van der Waals surface area contributed by atoms with E-state index in [1.165, 1.54) is 7.11 Å². The third-order valence-corrected chi connectivity index (χ3v) is 4.05. The zero-order valence-electron chi connectivity index (χ0n) is 12.5. The summed E-state index contributed by atoms with van der Waals surface area (Å²) in [6.45, 7) is 5.46. The van der Waals surface area contributed by atoms with Crippen molar-refractivity contribution in [3.05, 3.63) is 40.5 Å². The summed E-state index contributed by atoms with van der Waals surface area (Å²) in [5.74, 6) is -0.259. The molecule has 0 aliphatic carbocycles. The van der Waals surface area contributed by atoms with Crippen LogP contribution in [0, 0.1) is 6.92 Å². The second-order valence-electron chi connectivity index (χ2n) is 4.89. The Hall–Kier alpha value is -1.65. The van der Waals surface area contributed by atoms with Gasteiger partial charge >= 0.3 is 5.97 Å². The highest BCUT2D eigenvalue weighted by Crippen LogP contribution is 2.27. The van der Waals surface area contributed by atoms with Gasteiger partial charge in [0.25, 0.3) is 0 Å². The molecular formula is C16H19ClN2O2. The van der Waals surface area contributed by atoms with E-state index in [1.807, 2.05) is 43.0 Å². The molecule has 0 saturated heterocycles. The van der Waals surface area contributed by atoms with Crippen LogP contribution in [0.25, 0.3) is 10.9 Å². The summed E-state index contributed by atoms with van der Waals surface area (Å²) in [6.07, 6.45) is 0. The van der Waals surface area contributed by atoms with E-state index in [-0.39, 0.29) is 12.5 Å².